The molecule has 0 aliphatic heterocycles. The number of aromatic nitrogens is 1. The molecule has 0 aliphatic rings. The van der Waals surface area contributed by atoms with Crippen molar-refractivity contribution in [2.24, 2.45) is 12.0 Å². The largest absolute Gasteiger partial charge is 0.357 e. The molecule has 0 bridgehead atoms. The van der Waals surface area contributed by atoms with Gasteiger partial charge in [0.15, 0.2) is 5.96 Å². The van der Waals surface area contributed by atoms with Gasteiger partial charge >= 0.3 is 0 Å². The number of benzene rings is 1. The van der Waals surface area contributed by atoms with Crippen LogP contribution in [0.2, 0.25) is 0 Å². The van der Waals surface area contributed by atoms with E-state index in [1.54, 1.807) is 0 Å². The molecule has 1 aromatic carbocycles. The Balaban J connectivity index is 2.08. The summed E-state index contributed by atoms with van der Waals surface area (Å²) < 4.78 is 2.11. The summed E-state index contributed by atoms with van der Waals surface area (Å²) in [6, 6.07) is 11.9. The van der Waals surface area contributed by atoms with E-state index in [2.05, 4.69) is 33.1 Å². The van der Waals surface area contributed by atoms with Gasteiger partial charge in [0.2, 0.25) is 5.91 Å². The van der Waals surface area contributed by atoms with Gasteiger partial charge in [-0.15, -0.1) is 0 Å². The maximum absolute atomic E-state index is 11.2. The normalized spacial score (nSPS) is 11.3. The van der Waals surface area contributed by atoms with Crippen molar-refractivity contribution in [2.75, 3.05) is 18.9 Å². The molecule has 2 rings (SSSR count). The van der Waals surface area contributed by atoms with E-state index in [9.17, 15) is 4.79 Å². The molecule has 25 heavy (non-hydrogen) atoms. The Morgan fingerprint density at radius 3 is 2.72 bits per heavy atom. The van der Waals surface area contributed by atoms with Crippen LogP contribution >= 0.6 is 0 Å². The fourth-order valence-corrected chi connectivity index (χ4v) is 2.57. The van der Waals surface area contributed by atoms with Gasteiger partial charge in [-0.25, -0.2) is 4.99 Å². The minimum absolute atomic E-state index is 0.0729. The average Bonchev–Trinajstić information content (AvgIpc) is 2.96. The van der Waals surface area contributed by atoms with Crippen LogP contribution < -0.4 is 10.6 Å². The first-order chi connectivity index (χ1) is 12.0. The van der Waals surface area contributed by atoms with Gasteiger partial charge in [0.25, 0.3) is 0 Å². The third-order valence-corrected chi connectivity index (χ3v) is 3.81. The minimum atomic E-state index is -0.0729. The number of nitrogens with one attached hydrogen (secondary N) is 2. The van der Waals surface area contributed by atoms with Crippen LogP contribution in [-0.4, -0.2) is 34.9 Å². The summed E-state index contributed by atoms with van der Waals surface area (Å²) in [4.78, 5) is 18.0. The van der Waals surface area contributed by atoms with Crippen molar-refractivity contribution >= 4 is 17.6 Å². The molecular weight excluding hydrogens is 314 g/mol. The lowest BCUT2D eigenvalue weighted by atomic mass is 10.2. The summed E-state index contributed by atoms with van der Waals surface area (Å²) >= 11 is 0. The lowest BCUT2D eigenvalue weighted by Gasteiger charge is -2.22. The molecule has 0 spiro atoms. The molecule has 0 radical (unpaired) electrons. The fourth-order valence-electron chi connectivity index (χ4n) is 2.57. The number of carbonyl (C=O) groups is 1. The van der Waals surface area contributed by atoms with Gasteiger partial charge in [0, 0.05) is 45.1 Å². The summed E-state index contributed by atoms with van der Waals surface area (Å²) in [7, 11) is 4.07. The predicted octanol–water partition coefficient (Wildman–Crippen LogP) is 2.58. The number of hydrogen-bond acceptors (Lipinski definition) is 2. The Morgan fingerprint density at radius 1 is 1.28 bits per heavy atom. The van der Waals surface area contributed by atoms with Crippen LogP contribution in [0.1, 0.15) is 25.1 Å². The summed E-state index contributed by atoms with van der Waals surface area (Å²) in [5, 5.41) is 6.13. The van der Waals surface area contributed by atoms with Gasteiger partial charge in [-0.3, -0.25) is 4.79 Å². The Bertz CT molecular complexity index is 735. The number of aryl methyl sites for hydroxylation is 1. The molecule has 1 amide bonds. The Hall–Kier alpha value is -2.76. The van der Waals surface area contributed by atoms with E-state index in [1.165, 1.54) is 12.6 Å². The van der Waals surface area contributed by atoms with E-state index < -0.39 is 0 Å². The van der Waals surface area contributed by atoms with Gasteiger partial charge < -0.3 is 20.1 Å². The van der Waals surface area contributed by atoms with E-state index in [0.29, 0.717) is 6.54 Å². The number of rotatable bonds is 6. The molecule has 2 N–H and O–H groups in total. The third kappa shape index (κ3) is 5.67. The summed E-state index contributed by atoms with van der Waals surface area (Å²) in [6.45, 7) is 5.70. The lowest BCUT2D eigenvalue weighted by Crippen LogP contribution is -2.38. The van der Waals surface area contributed by atoms with E-state index in [-0.39, 0.29) is 5.91 Å². The number of aliphatic imine (C=N–C) groups is 1. The van der Waals surface area contributed by atoms with Crippen LogP contribution in [0.3, 0.4) is 0 Å². The topological polar surface area (TPSA) is 61.7 Å². The van der Waals surface area contributed by atoms with Crippen LogP contribution in [0.4, 0.5) is 5.69 Å². The Kier molecular flexibility index (Phi) is 6.62. The van der Waals surface area contributed by atoms with Crippen molar-refractivity contribution in [1.82, 2.24) is 14.8 Å². The highest BCUT2D eigenvalue weighted by Gasteiger charge is 2.08. The van der Waals surface area contributed by atoms with Gasteiger partial charge in [-0.05, 0) is 36.8 Å². The number of carbonyl (C=O) groups excluding carboxylic acids is 1. The van der Waals surface area contributed by atoms with E-state index in [0.717, 1.165) is 30.3 Å². The fraction of sp³-hybridized carbons (Fsp3) is 0.368. The van der Waals surface area contributed by atoms with E-state index in [4.69, 9.17) is 4.99 Å². The summed E-state index contributed by atoms with van der Waals surface area (Å²) in [5.74, 6) is 0.782. The molecule has 6 nitrogen and oxygen atoms in total. The molecule has 134 valence electrons. The van der Waals surface area contributed by atoms with Crippen LogP contribution in [-0.2, 0) is 24.9 Å². The number of anilines is 1. The lowest BCUT2D eigenvalue weighted by molar-refractivity contribution is -0.114. The molecule has 6 heteroatoms. The highest BCUT2D eigenvalue weighted by molar-refractivity contribution is 5.88. The van der Waals surface area contributed by atoms with Crippen molar-refractivity contribution in [3.05, 3.63) is 53.9 Å². The molecule has 1 heterocycles. The van der Waals surface area contributed by atoms with Crippen molar-refractivity contribution in [1.29, 1.82) is 0 Å². The molecule has 0 saturated carbocycles. The van der Waals surface area contributed by atoms with Crippen molar-refractivity contribution < 1.29 is 4.79 Å². The number of guanidine groups is 1. The van der Waals surface area contributed by atoms with Crippen LogP contribution in [0.15, 0.2) is 47.6 Å². The predicted molar refractivity (Wildman–Crippen MR) is 102 cm³/mol. The molecule has 0 atom stereocenters. The monoisotopic (exact) mass is 341 g/mol. The standard InChI is InChI=1S/C19H27N5O/c1-5-20-19(24(4)14-18-10-7-11-23(18)3)21-13-16-8-6-9-17(12-16)22-15(2)25/h6-12H,5,13-14H2,1-4H3,(H,20,21)(H,22,25). The Labute approximate surface area is 149 Å². The molecule has 2 aromatic rings. The maximum Gasteiger partial charge on any atom is 0.221 e. The average molecular weight is 341 g/mol. The molecule has 1 aromatic heterocycles. The molecular formula is C19H27N5O. The second kappa shape index (κ2) is 8.92. The zero-order valence-corrected chi connectivity index (χ0v) is 15.4. The second-order valence-corrected chi connectivity index (χ2v) is 6.02. The number of amides is 1. The summed E-state index contributed by atoms with van der Waals surface area (Å²) in [5.41, 5.74) is 3.07. The third-order valence-electron chi connectivity index (χ3n) is 3.81. The van der Waals surface area contributed by atoms with Gasteiger partial charge in [-0.1, -0.05) is 12.1 Å². The molecule has 0 fully saturated rings. The quantitative estimate of drug-likeness (QED) is 0.627. The van der Waals surface area contributed by atoms with Crippen LogP contribution in [0.25, 0.3) is 0 Å². The number of hydrogen-bond donors (Lipinski definition) is 2. The number of nitrogens with zero attached hydrogens (tertiary/aromatic N) is 3. The smallest absolute Gasteiger partial charge is 0.221 e. The van der Waals surface area contributed by atoms with Crippen molar-refractivity contribution in [3.8, 4) is 0 Å². The highest BCUT2D eigenvalue weighted by atomic mass is 16.1. The van der Waals surface area contributed by atoms with Gasteiger partial charge in [0.1, 0.15) is 0 Å². The first-order valence-corrected chi connectivity index (χ1v) is 8.45. The first-order valence-electron chi connectivity index (χ1n) is 8.45. The summed E-state index contributed by atoms with van der Waals surface area (Å²) in [6.07, 6.45) is 2.04. The van der Waals surface area contributed by atoms with Crippen molar-refractivity contribution in [3.63, 3.8) is 0 Å². The zero-order chi connectivity index (χ0) is 18.2. The highest BCUT2D eigenvalue weighted by Crippen LogP contribution is 2.12. The van der Waals surface area contributed by atoms with E-state index in [1.807, 2.05) is 50.6 Å². The maximum atomic E-state index is 11.2. The van der Waals surface area contributed by atoms with Crippen LogP contribution in [0, 0.1) is 0 Å². The minimum Gasteiger partial charge on any atom is -0.357 e. The molecule has 0 saturated heterocycles. The molecule has 0 aliphatic carbocycles. The van der Waals surface area contributed by atoms with Gasteiger partial charge in [-0.2, -0.15) is 0 Å². The van der Waals surface area contributed by atoms with E-state index >= 15 is 0 Å². The van der Waals surface area contributed by atoms with Crippen LogP contribution in [0.5, 0.6) is 0 Å². The SMILES string of the molecule is CCNC(=NCc1cccc(NC(C)=O)c1)N(C)Cc1cccn1C. The molecule has 0 unspecified atom stereocenters. The Morgan fingerprint density at radius 2 is 2.08 bits per heavy atom. The first kappa shape index (κ1) is 18.6. The van der Waals surface area contributed by atoms with Gasteiger partial charge in [0.05, 0.1) is 13.1 Å². The zero-order valence-electron chi connectivity index (χ0n) is 15.4. The van der Waals surface area contributed by atoms with Crippen molar-refractivity contribution in [2.45, 2.75) is 26.9 Å². The second-order valence-electron chi connectivity index (χ2n) is 6.02.